The van der Waals surface area contributed by atoms with E-state index in [0.29, 0.717) is 11.6 Å². The number of carbonyl (C=O) groups is 1. The first-order chi connectivity index (χ1) is 12.2. The Morgan fingerprint density at radius 3 is 2.33 bits per heavy atom. The number of benzene rings is 1. The molecule has 0 fully saturated rings. The van der Waals surface area contributed by atoms with Crippen LogP contribution in [-0.4, -0.2) is 49.2 Å². The molecule has 2 N–H and O–H groups in total. The molecule has 1 aromatic rings. The highest BCUT2D eigenvalue weighted by molar-refractivity contribution is 6.32. The average molecular weight is 427 g/mol. The van der Waals surface area contributed by atoms with E-state index in [9.17, 15) is 35.5 Å². The minimum Gasteiger partial charge on any atom is -0.493 e. The maximum absolute atomic E-state index is 13.0. The summed E-state index contributed by atoms with van der Waals surface area (Å²) in [6.07, 6.45) is -6.04. The SMILES string of the molecule is COc1cc(/C=N/NC(F)(F)C(F)(F)C(F)(F)F)cc(Cl)c1OCC(=O)O. The third-order valence-corrected chi connectivity index (χ3v) is 3.04. The second-order valence-corrected chi connectivity index (χ2v) is 5.14. The predicted octanol–water partition coefficient (Wildman–Crippen LogP) is 3.53. The Balaban J connectivity index is 3.02. The largest absolute Gasteiger partial charge is 0.493 e. The van der Waals surface area contributed by atoms with Gasteiger partial charge in [0.05, 0.1) is 18.3 Å². The highest BCUT2D eigenvalue weighted by Gasteiger charge is 2.73. The lowest BCUT2D eigenvalue weighted by Crippen LogP contribution is -2.58. The zero-order valence-electron chi connectivity index (χ0n) is 13.1. The summed E-state index contributed by atoms with van der Waals surface area (Å²) >= 11 is 5.80. The van der Waals surface area contributed by atoms with Crippen molar-refractivity contribution in [3.63, 3.8) is 0 Å². The molecule has 0 spiro atoms. The molecule has 0 bridgehead atoms. The number of nitrogens with zero attached hydrogens (tertiary/aromatic N) is 1. The Morgan fingerprint density at radius 1 is 1.26 bits per heavy atom. The van der Waals surface area contributed by atoms with Crippen molar-refractivity contribution in [3.05, 3.63) is 22.7 Å². The van der Waals surface area contributed by atoms with E-state index < -0.39 is 30.7 Å². The van der Waals surface area contributed by atoms with Gasteiger partial charge in [0, 0.05) is 0 Å². The van der Waals surface area contributed by atoms with Crippen molar-refractivity contribution >= 4 is 23.8 Å². The molecule has 1 rings (SSSR count). The van der Waals surface area contributed by atoms with Crippen LogP contribution >= 0.6 is 11.6 Å². The van der Waals surface area contributed by atoms with Crippen LogP contribution in [0.3, 0.4) is 0 Å². The summed E-state index contributed by atoms with van der Waals surface area (Å²) in [4.78, 5) is 10.5. The number of hydrazone groups is 1. The highest BCUT2D eigenvalue weighted by Crippen LogP contribution is 2.45. The van der Waals surface area contributed by atoms with E-state index in [2.05, 4.69) is 5.10 Å². The second-order valence-electron chi connectivity index (χ2n) is 4.73. The summed E-state index contributed by atoms with van der Waals surface area (Å²) in [5.41, 5.74) is 0.285. The topological polar surface area (TPSA) is 80.1 Å². The van der Waals surface area contributed by atoms with E-state index >= 15 is 0 Å². The van der Waals surface area contributed by atoms with Gasteiger partial charge in [-0.05, 0) is 17.7 Å². The van der Waals surface area contributed by atoms with Crippen molar-refractivity contribution in [1.82, 2.24) is 5.43 Å². The van der Waals surface area contributed by atoms with Crippen molar-refractivity contribution in [2.45, 2.75) is 18.1 Å². The molecule has 0 heterocycles. The summed E-state index contributed by atoms with van der Waals surface area (Å²) in [7, 11) is 1.12. The molecule has 0 atom stereocenters. The lowest BCUT2D eigenvalue weighted by molar-refractivity contribution is -0.361. The van der Waals surface area contributed by atoms with Gasteiger partial charge in [0.25, 0.3) is 0 Å². The van der Waals surface area contributed by atoms with Crippen LogP contribution in [0.5, 0.6) is 11.5 Å². The molecule has 0 saturated carbocycles. The maximum Gasteiger partial charge on any atom is 0.462 e. The zero-order valence-corrected chi connectivity index (χ0v) is 13.8. The fourth-order valence-electron chi connectivity index (χ4n) is 1.52. The van der Waals surface area contributed by atoms with Gasteiger partial charge in [-0.3, -0.25) is 0 Å². The number of halogens is 8. The molecule has 0 aliphatic carbocycles. The van der Waals surface area contributed by atoms with Crippen LogP contribution in [0.25, 0.3) is 0 Å². The summed E-state index contributed by atoms with van der Waals surface area (Å²) in [6, 6.07) is -3.69. The first-order valence-corrected chi connectivity index (χ1v) is 6.95. The number of carboxylic acid groups (broad SMARTS) is 1. The van der Waals surface area contributed by atoms with Crippen LogP contribution in [0.2, 0.25) is 5.02 Å². The van der Waals surface area contributed by atoms with Gasteiger partial charge < -0.3 is 14.6 Å². The molecule has 0 unspecified atom stereocenters. The fraction of sp³-hybridized carbons (Fsp3) is 0.385. The Bertz CT molecular complexity index is 725. The molecule has 0 aromatic heterocycles. The van der Waals surface area contributed by atoms with Gasteiger partial charge in [0.15, 0.2) is 18.1 Å². The number of ether oxygens (including phenoxy) is 2. The molecule has 0 saturated heterocycles. The molecule has 0 aliphatic rings. The Labute approximate surface area is 151 Å². The predicted molar refractivity (Wildman–Crippen MR) is 77.8 cm³/mol. The average Bonchev–Trinajstić information content (AvgIpc) is 2.51. The van der Waals surface area contributed by atoms with Gasteiger partial charge in [0.1, 0.15) is 0 Å². The van der Waals surface area contributed by atoms with Crippen molar-refractivity contribution < 1.29 is 50.1 Å². The minimum absolute atomic E-state index is 0.154. The maximum atomic E-state index is 13.0. The third kappa shape index (κ3) is 5.28. The van der Waals surface area contributed by atoms with Crippen LogP contribution in [0.4, 0.5) is 30.7 Å². The van der Waals surface area contributed by atoms with Gasteiger partial charge in [-0.15, -0.1) is 0 Å². The monoisotopic (exact) mass is 426 g/mol. The van der Waals surface area contributed by atoms with E-state index in [0.717, 1.165) is 19.2 Å². The van der Waals surface area contributed by atoms with Gasteiger partial charge in [-0.2, -0.15) is 35.8 Å². The Hall–Kier alpha value is -2.44. The number of carboxylic acids is 1. The normalized spacial score (nSPS) is 12.9. The van der Waals surface area contributed by atoms with Crippen molar-refractivity contribution in [1.29, 1.82) is 0 Å². The molecule has 152 valence electrons. The summed E-state index contributed by atoms with van der Waals surface area (Å²) in [5, 5.41) is 10.9. The quantitative estimate of drug-likeness (QED) is 0.288. The Morgan fingerprint density at radius 2 is 1.85 bits per heavy atom. The van der Waals surface area contributed by atoms with E-state index in [-0.39, 0.29) is 22.1 Å². The van der Waals surface area contributed by atoms with Gasteiger partial charge >= 0.3 is 24.1 Å². The van der Waals surface area contributed by atoms with Crippen LogP contribution < -0.4 is 14.9 Å². The number of alkyl halides is 7. The number of aliphatic carboxylic acids is 1. The first kappa shape index (κ1) is 22.6. The number of methoxy groups -OCH3 is 1. The molecule has 0 amide bonds. The van der Waals surface area contributed by atoms with E-state index in [1.807, 2.05) is 0 Å². The Kier molecular flexibility index (Phi) is 6.75. The van der Waals surface area contributed by atoms with Crippen molar-refractivity contribution in [2.75, 3.05) is 13.7 Å². The van der Waals surface area contributed by atoms with Crippen LogP contribution in [0.1, 0.15) is 5.56 Å². The van der Waals surface area contributed by atoms with Gasteiger partial charge in [-0.1, -0.05) is 11.6 Å². The molecule has 27 heavy (non-hydrogen) atoms. The van der Waals surface area contributed by atoms with Crippen LogP contribution in [0, 0.1) is 0 Å². The number of rotatable bonds is 8. The van der Waals surface area contributed by atoms with E-state index in [1.165, 1.54) is 0 Å². The standard InChI is InChI=1S/C13H10ClF7N2O4/c1-26-8-3-6(2-7(14)10(8)27-5-9(24)25)4-22-23-13(20,21)11(15,16)12(17,18)19/h2-4,23H,5H2,1H3,(H,24,25)/b22-4+. The minimum atomic E-state index is -6.51. The first-order valence-electron chi connectivity index (χ1n) is 6.57. The second kappa shape index (κ2) is 8.06. The number of nitrogens with one attached hydrogen (secondary N) is 1. The lowest BCUT2D eigenvalue weighted by Gasteiger charge is -2.27. The van der Waals surface area contributed by atoms with Crippen LogP contribution in [0.15, 0.2) is 17.2 Å². The zero-order chi connectivity index (χ0) is 21.0. The van der Waals surface area contributed by atoms with E-state index in [4.69, 9.17) is 26.2 Å². The molecule has 0 radical (unpaired) electrons. The third-order valence-electron chi connectivity index (χ3n) is 2.76. The summed E-state index contributed by atoms with van der Waals surface area (Å²) in [5.74, 6) is -8.10. The number of hydrogen-bond donors (Lipinski definition) is 2. The molecular weight excluding hydrogens is 417 g/mol. The number of hydrogen-bond acceptors (Lipinski definition) is 5. The van der Waals surface area contributed by atoms with Crippen LogP contribution in [-0.2, 0) is 4.79 Å². The molecule has 1 aromatic carbocycles. The molecular formula is C13H10ClF7N2O4. The summed E-state index contributed by atoms with van der Waals surface area (Å²) < 4.78 is 97.2. The smallest absolute Gasteiger partial charge is 0.462 e. The molecule has 6 nitrogen and oxygen atoms in total. The molecule has 0 aliphatic heterocycles. The van der Waals surface area contributed by atoms with E-state index in [1.54, 1.807) is 0 Å². The fourth-order valence-corrected chi connectivity index (χ4v) is 1.80. The molecule has 14 heteroatoms. The van der Waals surface area contributed by atoms with Gasteiger partial charge in [-0.25, -0.2) is 10.2 Å². The highest BCUT2D eigenvalue weighted by atomic mass is 35.5. The van der Waals surface area contributed by atoms with Crippen molar-refractivity contribution in [3.8, 4) is 11.5 Å². The van der Waals surface area contributed by atoms with Gasteiger partial charge in [0.2, 0.25) is 0 Å². The van der Waals surface area contributed by atoms with Crippen molar-refractivity contribution in [2.24, 2.45) is 5.10 Å². The lowest BCUT2D eigenvalue weighted by atomic mass is 10.2. The summed E-state index contributed by atoms with van der Waals surface area (Å²) in [6.45, 7) is -0.788.